The minimum atomic E-state index is 0.267. The molecule has 6 nitrogen and oxygen atoms in total. The lowest BCUT2D eigenvalue weighted by molar-refractivity contribution is 0.203. The SMILES string of the molecule is CC.Cc1nc(N2CCC(CO)CC2)ccc1-c1ccc(OCc2ccccc2)nc1OCc1ccccc1. The molecule has 39 heavy (non-hydrogen) atoms. The van der Waals surface area contributed by atoms with Gasteiger partial charge in [-0.1, -0.05) is 74.5 Å². The zero-order valence-corrected chi connectivity index (χ0v) is 23.2. The van der Waals surface area contributed by atoms with Gasteiger partial charge in [-0.25, -0.2) is 4.98 Å². The number of benzene rings is 2. The molecule has 2 aromatic carbocycles. The maximum Gasteiger partial charge on any atom is 0.225 e. The predicted molar refractivity (Wildman–Crippen MR) is 157 cm³/mol. The number of anilines is 1. The number of aliphatic hydroxyl groups excluding tert-OH is 1. The van der Waals surface area contributed by atoms with E-state index in [1.165, 1.54) is 0 Å². The Morgan fingerprint density at radius 2 is 1.33 bits per heavy atom. The molecule has 0 amide bonds. The van der Waals surface area contributed by atoms with Gasteiger partial charge in [0, 0.05) is 42.6 Å². The molecule has 1 saturated heterocycles. The third-order valence-electron chi connectivity index (χ3n) is 6.84. The van der Waals surface area contributed by atoms with Crippen LogP contribution >= 0.6 is 0 Å². The normalized spacial score (nSPS) is 13.4. The van der Waals surface area contributed by atoms with E-state index in [0.717, 1.165) is 59.7 Å². The van der Waals surface area contributed by atoms with E-state index in [2.05, 4.69) is 17.0 Å². The van der Waals surface area contributed by atoms with Gasteiger partial charge >= 0.3 is 0 Å². The van der Waals surface area contributed by atoms with Crippen molar-refractivity contribution in [3.63, 3.8) is 0 Å². The molecule has 0 unspecified atom stereocenters. The van der Waals surface area contributed by atoms with Crippen molar-refractivity contribution in [1.82, 2.24) is 9.97 Å². The molecule has 1 fully saturated rings. The smallest absolute Gasteiger partial charge is 0.225 e. The number of aliphatic hydroxyl groups is 1. The monoisotopic (exact) mass is 525 g/mol. The fourth-order valence-corrected chi connectivity index (χ4v) is 4.63. The Kier molecular flexibility index (Phi) is 10.3. The summed E-state index contributed by atoms with van der Waals surface area (Å²) in [4.78, 5) is 12.0. The van der Waals surface area contributed by atoms with Gasteiger partial charge in [0.05, 0.1) is 0 Å². The van der Waals surface area contributed by atoms with Crippen LogP contribution in [0.25, 0.3) is 11.1 Å². The first-order chi connectivity index (χ1) is 19.2. The third-order valence-corrected chi connectivity index (χ3v) is 6.84. The third kappa shape index (κ3) is 7.58. The lowest BCUT2D eigenvalue weighted by atomic mass is 9.98. The second-order valence-electron chi connectivity index (χ2n) is 9.47. The van der Waals surface area contributed by atoms with Crippen LogP contribution in [0, 0.1) is 12.8 Å². The average Bonchev–Trinajstić information content (AvgIpc) is 3.01. The average molecular weight is 526 g/mol. The highest BCUT2D eigenvalue weighted by molar-refractivity contribution is 5.72. The summed E-state index contributed by atoms with van der Waals surface area (Å²) in [6.07, 6.45) is 1.98. The highest BCUT2D eigenvalue weighted by Gasteiger charge is 2.21. The Morgan fingerprint density at radius 1 is 0.744 bits per heavy atom. The van der Waals surface area contributed by atoms with Gasteiger partial charge in [-0.3, -0.25) is 0 Å². The summed E-state index contributed by atoms with van der Waals surface area (Å²) in [6.45, 7) is 8.97. The van der Waals surface area contributed by atoms with E-state index in [9.17, 15) is 5.11 Å². The van der Waals surface area contributed by atoms with Gasteiger partial charge in [0.2, 0.25) is 11.8 Å². The molecule has 1 aliphatic heterocycles. The van der Waals surface area contributed by atoms with Gasteiger partial charge < -0.3 is 19.5 Å². The summed E-state index contributed by atoms with van der Waals surface area (Å²) in [6, 6.07) is 28.2. The molecule has 0 bridgehead atoms. The van der Waals surface area contributed by atoms with Gasteiger partial charge in [-0.05, 0) is 55.0 Å². The summed E-state index contributed by atoms with van der Waals surface area (Å²) in [5, 5.41) is 9.45. The minimum Gasteiger partial charge on any atom is -0.473 e. The lowest BCUT2D eigenvalue weighted by Crippen LogP contribution is -2.35. The number of nitrogens with zero attached hydrogens (tertiary/aromatic N) is 3. The Labute approximate surface area is 232 Å². The van der Waals surface area contributed by atoms with Crippen molar-refractivity contribution in [2.45, 2.75) is 46.8 Å². The summed E-state index contributed by atoms with van der Waals surface area (Å²) in [5.41, 5.74) is 4.95. The van der Waals surface area contributed by atoms with Crippen molar-refractivity contribution in [3.05, 3.63) is 102 Å². The molecule has 0 spiro atoms. The summed E-state index contributed by atoms with van der Waals surface area (Å²) < 4.78 is 12.2. The van der Waals surface area contributed by atoms with Crippen molar-refractivity contribution in [2.75, 3.05) is 24.6 Å². The Hall–Kier alpha value is -3.90. The van der Waals surface area contributed by atoms with Crippen molar-refractivity contribution < 1.29 is 14.6 Å². The quantitative estimate of drug-likeness (QED) is 0.258. The molecular formula is C33H39N3O3. The first kappa shape index (κ1) is 28.1. The van der Waals surface area contributed by atoms with Gasteiger partial charge in [0.15, 0.2) is 0 Å². The summed E-state index contributed by atoms with van der Waals surface area (Å²) in [7, 11) is 0. The molecule has 0 atom stereocenters. The van der Waals surface area contributed by atoms with Crippen LogP contribution in [0.5, 0.6) is 11.8 Å². The van der Waals surface area contributed by atoms with E-state index in [4.69, 9.17) is 19.4 Å². The van der Waals surface area contributed by atoms with E-state index in [0.29, 0.717) is 30.9 Å². The number of hydrogen-bond acceptors (Lipinski definition) is 6. The van der Waals surface area contributed by atoms with Crippen LogP contribution in [-0.2, 0) is 13.2 Å². The van der Waals surface area contributed by atoms with Crippen LogP contribution in [0.3, 0.4) is 0 Å². The highest BCUT2D eigenvalue weighted by Crippen LogP contribution is 2.34. The van der Waals surface area contributed by atoms with Gasteiger partial charge in [0.1, 0.15) is 19.0 Å². The molecule has 0 aliphatic carbocycles. The summed E-state index contributed by atoms with van der Waals surface area (Å²) in [5.74, 6) is 2.41. The first-order valence-electron chi connectivity index (χ1n) is 13.9. The van der Waals surface area contributed by atoms with E-state index in [1.807, 2.05) is 93.6 Å². The Balaban J connectivity index is 0.00000172. The molecule has 1 aliphatic rings. The molecule has 1 N–H and O–H groups in total. The van der Waals surface area contributed by atoms with E-state index in [1.54, 1.807) is 0 Å². The number of piperidine rings is 1. The number of ether oxygens (including phenoxy) is 2. The molecule has 0 radical (unpaired) electrons. The standard InChI is InChI=1S/C31H33N3O3.C2H6/c1-23-27(12-14-29(32-23)34-18-16-24(20-35)17-19-34)28-13-15-30(36-21-25-8-4-2-5-9-25)33-31(28)37-22-26-10-6-3-7-11-26;1-2/h2-15,24,35H,16-22H2,1H3;1-2H3. The fourth-order valence-electron chi connectivity index (χ4n) is 4.63. The minimum absolute atomic E-state index is 0.267. The number of aryl methyl sites for hydroxylation is 1. The number of hydrogen-bond donors (Lipinski definition) is 1. The fraction of sp³-hybridized carbons (Fsp3) is 0.333. The van der Waals surface area contributed by atoms with E-state index >= 15 is 0 Å². The van der Waals surface area contributed by atoms with Crippen LogP contribution in [0.4, 0.5) is 5.82 Å². The zero-order chi connectivity index (χ0) is 27.5. The molecule has 6 heteroatoms. The van der Waals surface area contributed by atoms with Crippen LogP contribution < -0.4 is 14.4 Å². The Bertz CT molecular complexity index is 1290. The number of pyridine rings is 2. The maximum absolute atomic E-state index is 9.45. The molecule has 0 saturated carbocycles. The van der Waals surface area contributed by atoms with Gasteiger partial charge in [0.25, 0.3) is 0 Å². The largest absolute Gasteiger partial charge is 0.473 e. The van der Waals surface area contributed by atoms with Crippen molar-refractivity contribution in [1.29, 1.82) is 0 Å². The number of aromatic nitrogens is 2. The van der Waals surface area contributed by atoms with Crippen molar-refractivity contribution >= 4 is 5.82 Å². The summed E-state index contributed by atoms with van der Waals surface area (Å²) >= 11 is 0. The first-order valence-corrected chi connectivity index (χ1v) is 13.9. The second-order valence-corrected chi connectivity index (χ2v) is 9.47. The van der Waals surface area contributed by atoms with Crippen LogP contribution in [-0.4, -0.2) is 34.8 Å². The predicted octanol–water partition coefficient (Wildman–Crippen LogP) is 6.84. The molecule has 5 rings (SSSR count). The molecule has 2 aromatic heterocycles. The topological polar surface area (TPSA) is 67.7 Å². The number of rotatable bonds is 9. The van der Waals surface area contributed by atoms with E-state index < -0.39 is 0 Å². The van der Waals surface area contributed by atoms with Crippen molar-refractivity contribution in [3.8, 4) is 22.9 Å². The lowest BCUT2D eigenvalue weighted by Gasteiger charge is -2.32. The molecule has 3 heterocycles. The van der Waals surface area contributed by atoms with Crippen molar-refractivity contribution in [2.24, 2.45) is 5.92 Å². The van der Waals surface area contributed by atoms with E-state index in [-0.39, 0.29) is 6.61 Å². The molecule has 4 aromatic rings. The van der Waals surface area contributed by atoms with Crippen LogP contribution in [0.15, 0.2) is 84.9 Å². The highest BCUT2D eigenvalue weighted by atomic mass is 16.5. The second kappa shape index (κ2) is 14.3. The van der Waals surface area contributed by atoms with Crippen LogP contribution in [0.1, 0.15) is 43.5 Å². The maximum atomic E-state index is 9.45. The molecular weight excluding hydrogens is 486 g/mol. The molecule has 204 valence electrons. The van der Waals surface area contributed by atoms with Gasteiger partial charge in [-0.15, -0.1) is 0 Å². The zero-order valence-electron chi connectivity index (χ0n) is 23.2. The van der Waals surface area contributed by atoms with Gasteiger partial charge in [-0.2, -0.15) is 4.98 Å². The Morgan fingerprint density at radius 3 is 1.92 bits per heavy atom. The van der Waals surface area contributed by atoms with Crippen LogP contribution in [0.2, 0.25) is 0 Å².